The molecule has 0 aromatic heterocycles. The standard InChI is InChI=1S/C25H29N.C4H10.C2H6/c1-7-9-12-21(8-2)20(5)26(6)25(17-19(3)4)24-16-15-22-13-10-11-14-23(22)18-24;1-3-4-2;1-2/h2,7,9-18,20,25H,1,3-6H3;3-4H2,1-2H3;1-2H3/b9-7-,21-12+;;. The molecule has 0 fully saturated rings. The second kappa shape index (κ2) is 17.0. The predicted molar refractivity (Wildman–Crippen MR) is 147 cm³/mol. The molecule has 2 atom stereocenters. The molecule has 2 unspecified atom stereocenters. The Bertz CT molecular complexity index is 901. The molecule has 174 valence electrons. The lowest BCUT2D eigenvalue weighted by atomic mass is 9.97. The first-order valence-corrected chi connectivity index (χ1v) is 12.0. The molecule has 1 nitrogen and oxygen atoms in total. The average molecular weight is 432 g/mol. The van der Waals surface area contributed by atoms with Crippen LogP contribution in [-0.2, 0) is 0 Å². The zero-order valence-electron chi connectivity index (χ0n) is 21.9. The summed E-state index contributed by atoms with van der Waals surface area (Å²) < 4.78 is 0. The topological polar surface area (TPSA) is 3.24 Å². The van der Waals surface area contributed by atoms with E-state index < -0.39 is 0 Å². The Hall–Kier alpha value is -2.56. The molecule has 0 amide bonds. The first-order valence-electron chi connectivity index (χ1n) is 12.0. The van der Waals surface area contributed by atoms with Crippen molar-refractivity contribution in [1.82, 2.24) is 4.90 Å². The van der Waals surface area contributed by atoms with Crippen LogP contribution in [0.1, 0.15) is 79.8 Å². The first-order chi connectivity index (χ1) is 15.4. The highest BCUT2D eigenvalue weighted by Gasteiger charge is 2.21. The van der Waals surface area contributed by atoms with Gasteiger partial charge in [-0.2, -0.15) is 0 Å². The molecule has 32 heavy (non-hydrogen) atoms. The van der Waals surface area contributed by atoms with E-state index in [1.807, 2.05) is 39.0 Å². The van der Waals surface area contributed by atoms with Crippen LogP contribution in [-0.4, -0.2) is 18.0 Å². The van der Waals surface area contributed by atoms with Crippen molar-refractivity contribution in [2.24, 2.45) is 0 Å². The molecule has 2 aromatic carbocycles. The predicted octanol–water partition coefficient (Wildman–Crippen LogP) is 9.14. The molecule has 0 saturated heterocycles. The summed E-state index contributed by atoms with van der Waals surface area (Å²) in [6.45, 7) is 16.8. The summed E-state index contributed by atoms with van der Waals surface area (Å²) >= 11 is 0. The van der Waals surface area contributed by atoms with Gasteiger partial charge < -0.3 is 0 Å². The van der Waals surface area contributed by atoms with Gasteiger partial charge in [0.2, 0.25) is 0 Å². The van der Waals surface area contributed by atoms with Crippen LogP contribution >= 0.6 is 0 Å². The molecule has 0 bridgehead atoms. The number of allylic oxidation sites excluding steroid dienone is 4. The third-order valence-corrected chi connectivity index (χ3v) is 5.24. The number of unbranched alkanes of at least 4 members (excludes halogenated alkanes) is 1. The lowest BCUT2D eigenvalue weighted by Gasteiger charge is -2.32. The number of likely N-dealkylation sites (N-methyl/N-ethyl adjacent to an activating group) is 1. The highest BCUT2D eigenvalue weighted by molar-refractivity contribution is 5.83. The number of hydrogen-bond donors (Lipinski definition) is 0. The number of benzene rings is 2. The van der Waals surface area contributed by atoms with Crippen molar-refractivity contribution < 1.29 is 0 Å². The summed E-state index contributed by atoms with van der Waals surface area (Å²) in [7, 11) is 2.14. The van der Waals surface area contributed by atoms with E-state index in [-0.39, 0.29) is 12.1 Å². The van der Waals surface area contributed by atoms with Gasteiger partial charge in [-0.3, -0.25) is 4.90 Å². The van der Waals surface area contributed by atoms with Gasteiger partial charge in [0.1, 0.15) is 0 Å². The second-order valence-corrected chi connectivity index (χ2v) is 7.93. The Labute approximate surface area is 198 Å². The average Bonchev–Trinajstić information content (AvgIpc) is 2.83. The monoisotopic (exact) mass is 431 g/mol. The van der Waals surface area contributed by atoms with Gasteiger partial charge in [0.15, 0.2) is 0 Å². The molecule has 2 aromatic rings. The fourth-order valence-corrected chi connectivity index (χ4v) is 3.12. The van der Waals surface area contributed by atoms with Crippen LogP contribution in [0.4, 0.5) is 0 Å². The van der Waals surface area contributed by atoms with E-state index in [4.69, 9.17) is 6.42 Å². The summed E-state index contributed by atoms with van der Waals surface area (Å²) in [6.07, 6.45) is 16.8. The maximum Gasteiger partial charge on any atom is 0.0537 e. The maximum absolute atomic E-state index is 5.77. The molecular formula is C31H45N. The van der Waals surface area contributed by atoms with E-state index in [1.165, 1.54) is 34.8 Å². The Balaban J connectivity index is 0.00000144. The van der Waals surface area contributed by atoms with Crippen LogP contribution in [0.5, 0.6) is 0 Å². The van der Waals surface area contributed by atoms with Gasteiger partial charge in [-0.1, -0.05) is 107 Å². The highest BCUT2D eigenvalue weighted by atomic mass is 15.2. The Kier molecular flexibility index (Phi) is 15.7. The molecule has 0 aliphatic heterocycles. The van der Waals surface area contributed by atoms with Gasteiger partial charge in [0, 0.05) is 11.6 Å². The van der Waals surface area contributed by atoms with E-state index in [2.05, 4.69) is 101 Å². The molecule has 0 aliphatic carbocycles. The van der Waals surface area contributed by atoms with Crippen LogP contribution in [0, 0.1) is 12.3 Å². The summed E-state index contributed by atoms with van der Waals surface area (Å²) in [4.78, 5) is 2.34. The van der Waals surface area contributed by atoms with Crippen LogP contribution < -0.4 is 0 Å². The summed E-state index contributed by atoms with van der Waals surface area (Å²) in [6, 6.07) is 15.5. The van der Waals surface area contributed by atoms with Gasteiger partial charge >= 0.3 is 0 Å². The molecule has 0 N–H and O–H groups in total. The van der Waals surface area contributed by atoms with Crippen LogP contribution in [0.15, 0.2) is 77.9 Å². The van der Waals surface area contributed by atoms with E-state index in [1.54, 1.807) is 0 Å². The summed E-state index contributed by atoms with van der Waals surface area (Å²) in [5.74, 6) is 2.85. The van der Waals surface area contributed by atoms with Gasteiger partial charge in [0.05, 0.1) is 6.04 Å². The van der Waals surface area contributed by atoms with E-state index in [0.29, 0.717) is 0 Å². The summed E-state index contributed by atoms with van der Waals surface area (Å²) in [5, 5.41) is 2.53. The SMILES string of the molecule is C#C/C(=C\C=C/C)C(C)N(C)C(C=C(C)C)c1ccc2ccccc2c1.CC.CCCC. The molecule has 2 rings (SSSR count). The van der Waals surface area contributed by atoms with Crippen molar-refractivity contribution in [2.75, 3.05) is 7.05 Å². The number of rotatable bonds is 7. The molecule has 0 heterocycles. The second-order valence-electron chi connectivity index (χ2n) is 7.93. The van der Waals surface area contributed by atoms with E-state index in [0.717, 1.165) is 5.57 Å². The lowest BCUT2D eigenvalue weighted by molar-refractivity contribution is 0.245. The van der Waals surface area contributed by atoms with E-state index in [9.17, 15) is 0 Å². The molecular weight excluding hydrogens is 386 g/mol. The molecule has 0 spiro atoms. The minimum Gasteiger partial charge on any atom is -0.289 e. The van der Waals surface area contributed by atoms with Crippen molar-refractivity contribution in [3.8, 4) is 12.3 Å². The molecule has 0 radical (unpaired) electrons. The van der Waals surface area contributed by atoms with Gasteiger partial charge in [-0.25, -0.2) is 0 Å². The van der Waals surface area contributed by atoms with Crippen molar-refractivity contribution in [3.63, 3.8) is 0 Å². The Morgan fingerprint density at radius 3 is 2.12 bits per heavy atom. The minimum absolute atomic E-state index is 0.142. The third-order valence-electron chi connectivity index (χ3n) is 5.24. The van der Waals surface area contributed by atoms with E-state index >= 15 is 0 Å². The minimum atomic E-state index is 0.142. The number of fused-ring (bicyclic) bond motifs is 1. The first kappa shape index (κ1) is 29.4. The smallest absolute Gasteiger partial charge is 0.0537 e. The van der Waals surface area contributed by atoms with Crippen molar-refractivity contribution in [2.45, 2.75) is 80.3 Å². The van der Waals surface area contributed by atoms with Crippen LogP contribution in [0.3, 0.4) is 0 Å². The maximum atomic E-state index is 5.77. The van der Waals surface area contributed by atoms with Crippen molar-refractivity contribution >= 4 is 10.8 Å². The van der Waals surface area contributed by atoms with Crippen LogP contribution in [0.25, 0.3) is 10.8 Å². The molecule has 0 aliphatic rings. The quantitative estimate of drug-likeness (QED) is 0.240. The fraction of sp³-hybridized carbons (Fsp3) is 0.419. The highest BCUT2D eigenvalue weighted by Crippen LogP contribution is 2.29. The Morgan fingerprint density at radius 2 is 1.62 bits per heavy atom. The zero-order valence-corrected chi connectivity index (χ0v) is 21.9. The van der Waals surface area contributed by atoms with Gasteiger partial charge in [-0.05, 0) is 63.2 Å². The zero-order chi connectivity index (χ0) is 24.5. The largest absolute Gasteiger partial charge is 0.289 e. The van der Waals surface area contributed by atoms with Crippen molar-refractivity contribution in [1.29, 1.82) is 0 Å². The lowest BCUT2D eigenvalue weighted by Crippen LogP contribution is -2.33. The number of nitrogens with zero attached hydrogens (tertiary/aromatic N) is 1. The normalized spacial score (nSPS) is 12.8. The van der Waals surface area contributed by atoms with Gasteiger partial charge in [-0.15, -0.1) is 6.42 Å². The summed E-state index contributed by atoms with van der Waals surface area (Å²) in [5.41, 5.74) is 3.56. The fourth-order valence-electron chi connectivity index (χ4n) is 3.12. The van der Waals surface area contributed by atoms with Crippen molar-refractivity contribution in [3.05, 3.63) is 83.5 Å². The number of hydrogen-bond acceptors (Lipinski definition) is 1. The molecule has 0 saturated carbocycles. The molecule has 1 heteroatoms. The third kappa shape index (κ3) is 9.71. The van der Waals surface area contributed by atoms with Crippen LogP contribution in [0.2, 0.25) is 0 Å². The Morgan fingerprint density at radius 1 is 1.03 bits per heavy atom. The van der Waals surface area contributed by atoms with Gasteiger partial charge in [0.25, 0.3) is 0 Å². The number of terminal acetylenes is 1.